The fourth-order valence-corrected chi connectivity index (χ4v) is 2.30. The van der Waals surface area contributed by atoms with E-state index in [9.17, 15) is 0 Å². The van der Waals surface area contributed by atoms with Gasteiger partial charge in [0.25, 0.3) is 0 Å². The maximum Gasteiger partial charge on any atom is 0.189 e. The molecule has 24 heavy (non-hydrogen) atoms. The minimum absolute atomic E-state index is 0.0914. The average Bonchev–Trinajstić information content (AvgIpc) is 2.53. The van der Waals surface area contributed by atoms with Crippen molar-refractivity contribution in [1.82, 2.24) is 5.32 Å². The molecule has 0 spiro atoms. The number of nitrogens with one attached hydrogen (secondary N) is 1. The zero-order valence-corrected chi connectivity index (χ0v) is 14.8. The van der Waals surface area contributed by atoms with Gasteiger partial charge >= 0.3 is 0 Å². The first-order valence-corrected chi connectivity index (χ1v) is 8.20. The second-order valence-electron chi connectivity index (χ2n) is 6.82. The Morgan fingerprint density at radius 2 is 1.58 bits per heavy atom. The lowest BCUT2D eigenvalue weighted by atomic mass is 10.1. The van der Waals surface area contributed by atoms with Crippen LogP contribution in [-0.2, 0) is 24.5 Å². The highest BCUT2D eigenvalue weighted by atomic mass is 16.5. The summed E-state index contributed by atoms with van der Waals surface area (Å²) < 4.78 is 5.84. The van der Waals surface area contributed by atoms with Crippen molar-refractivity contribution in [3.8, 4) is 0 Å². The second kappa shape index (κ2) is 8.50. The van der Waals surface area contributed by atoms with E-state index in [0.717, 1.165) is 11.1 Å². The Morgan fingerprint density at radius 3 is 2.25 bits per heavy atom. The van der Waals surface area contributed by atoms with E-state index in [1.165, 1.54) is 5.56 Å². The van der Waals surface area contributed by atoms with Gasteiger partial charge in [0.05, 0.1) is 19.8 Å². The van der Waals surface area contributed by atoms with E-state index in [1.54, 1.807) is 0 Å². The van der Waals surface area contributed by atoms with Crippen molar-refractivity contribution in [1.29, 1.82) is 0 Å². The van der Waals surface area contributed by atoms with Crippen LogP contribution < -0.4 is 11.1 Å². The first-order valence-electron chi connectivity index (χ1n) is 8.20. The summed E-state index contributed by atoms with van der Waals surface area (Å²) in [6.07, 6.45) is 0. The minimum Gasteiger partial charge on any atom is -0.372 e. The molecule has 0 bridgehead atoms. The second-order valence-corrected chi connectivity index (χ2v) is 6.82. The Balaban J connectivity index is 1.93. The van der Waals surface area contributed by atoms with Gasteiger partial charge in [-0.05, 0) is 37.5 Å². The number of nitrogens with zero attached hydrogens (tertiary/aromatic N) is 1. The molecule has 0 unspecified atom stereocenters. The molecule has 0 heterocycles. The van der Waals surface area contributed by atoms with Gasteiger partial charge in [0.2, 0.25) is 0 Å². The highest BCUT2D eigenvalue weighted by molar-refractivity contribution is 5.78. The van der Waals surface area contributed by atoms with Gasteiger partial charge in [-0.1, -0.05) is 54.6 Å². The predicted molar refractivity (Wildman–Crippen MR) is 99.6 cm³/mol. The van der Waals surface area contributed by atoms with Crippen LogP contribution in [0.4, 0.5) is 0 Å². The molecule has 2 aromatic carbocycles. The third kappa shape index (κ3) is 6.42. The highest BCUT2D eigenvalue weighted by Gasteiger charge is 2.10. The van der Waals surface area contributed by atoms with E-state index in [1.807, 2.05) is 30.3 Å². The number of ether oxygens (including phenoxy) is 1. The minimum atomic E-state index is -0.0914. The van der Waals surface area contributed by atoms with E-state index in [-0.39, 0.29) is 5.54 Å². The number of nitrogens with two attached hydrogens (primary N) is 1. The summed E-state index contributed by atoms with van der Waals surface area (Å²) in [6, 6.07) is 18.3. The number of guanidine groups is 1. The van der Waals surface area contributed by atoms with E-state index in [4.69, 9.17) is 10.5 Å². The van der Waals surface area contributed by atoms with E-state index in [0.29, 0.717) is 25.7 Å². The molecule has 2 rings (SSSR count). The topological polar surface area (TPSA) is 59.6 Å². The van der Waals surface area contributed by atoms with Gasteiger partial charge in [-0.15, -0.1) is 0 Å². The maximum absolute atomic E-state index is 5.94. The van der Waals surface area contributed by atoms with Crippen LogP contribution >= 0.6 is 0 Å². The summed E-state index contributed by atoms with van der Waals surface area (Å²) in [5, 5.41) is 3.17. The van der Waals surface area contributed by atoms with E-state index in [2.05, 4.69) is 55.3 Å². The molecular formula is C20H27N3O. The zero-order valence-electron chi connectivity index (χ0n) is 14.8. The molecule has 0 aromatic heterocycles. The van der Waals surface area contributed by atoms with Gasteiger partial charge in [-0.25, -0.2) is 4.99 Å². The van der Waals surface area contributed by atoms with Crippen molar-refractivity contribution < 1.29 is 4.74 Å². The monoisotopic (exact) mass is 325 g/mol. The van der Waals surface area contributed by atoms with Crippen LogP contribution in [0.15, 0.2) is 59.6 Å². The van der Waals surface area contributed by atoms with Crippen molar-refractivity contribution in [2.24, 2.45) is 10.7 Å². The molecule has 0 radical (unpaired) electrons. The van der Waals surface area contributed by atoms with Crippen LogP contribution in [0.2, 0.25) is 0 Å². The Kier molecular flexibility index (Phi) is 6.38. The first kappa shape index (κ1) is 18.0. The molecule has 0 fully saturated rings. The number of benzene rings is 2. The lowest BCUT2D eigenvalue weighted by Crippen LogP contribution is -2.45. The Hall–Kier alpha value is -2.33. The largest absolute Gasteiger partial charge is 0.372 e. The standard InChI is InChI=1S/C20H27N3O/c1-20(2,3)23-19(21)22-13-17-11-7-8-12-18(17)15-24-14-16-9-5-4-6-10-16/h4-12H,13-15H2,1-3H3,(H3,21,22,23). The van der Waals surface area contributed by atoms with Gasteiger partial charge in [0.1, 0.15) is 0 Å². The Labute approximate surface area is 144 Å². The fraction of sp³-hybridized carbons (Fsp3) is 0.350. The van der Waals surface area contributed by atoms with Gasteiger partial charge < -0.3 is 15.8 Å². The van der Waals surface area contributed by atoms with Crippen LogP contribution in [-0.4, -0.2) is 11.5 Å². The van der Waals surface area contributed by atoms with Crippen molar-refractivity contribution >= 4 is 5.96 Å². The molecular weight excluding hydrogens is 298 g/mol. The fourth-order valence-electron chi connectivity index (χ4n) is 2.30. The highest BCUT2D eigenvalue weighted by Crippen LogP contribution is 2.13. The van der Waals surface area contributed by atoms with Crippen molar-refractivity contribution in [2.45, 2.75) is 46.1 Å². The van der Waals surface area contributed by atoms with Gasteiger partial charge in [0.15, 0.2) is 5.96 Å². The van der Waals surface area contributed by atoms with E-state index >= 15 is 0 Å². The Morgan fingerprint density at radius 1 is 0.958 bits per heavy atom. The lowest BCUT2D eigenvalue weighted by Gasteiger charge is -2.21. The zero-order chi connectivity index (χ0) is 17.4. The summed E-state index contributed by atoms with van der Waals surface area (Å²) in [5.41, 5.74) is 9.29. The van der Waals surface area contributed by atoms with Crippen molar-refractivity contribution in [2.75, 3.05) is 0 Å². The molecule has 2 aromatic rings. The summed E-state index contributed by atoms with van der Waals surface area (Å²) in [4.78, 5) is 4.43. The van der Waals surface area contributed by atoms with Gasteiger partial charge in [-0.3, -0.25) is 0 Å². The molecule has 0 atom stereocenters. The van der Waals surface area contributed by atoms with Crippen LogP contribution in [0.3, 0.4) is 0 Å². The SMILES string of the molecule is CC(C)(C)NC(N)=NCc1ccccc1COCc1ccccc1. The molecule has 0 amide bonds. The molecule has 128 valence electrons. The third-order valence-electron chi connectivity index (χ3n) is 3.41. The quantitative estimate of drug-likeness (QED) is 0.630. The van der Waals surface area contributed by atoms with Crippen LogP contribution in [0.1, 0.15) is 37.5 Å². The smallest absolute Gasteiger partial charge is 0.189 e. The molecule has 4 nitrogen and oxygen atoms in total. The number of rotatable bonds is 6. The van der Waals surface area contributed by atoms with Gasteiger partial charge in [0, 0.05) is 5.54 Å². The third-order valence-corrected chi connectivity index (χ3v) is 3.41. The van der Waals surface area contributed by atoms with Crippen molar-refractivity contribution in [3.63, 3.8) is 0 Å². The molecule has 0 saturated heterocycles. The molecule has 4 heteroatoms. The summed E-state index contributed by atoms with van der Waals surface area (Å²) >= 11 is 0. The lowest BCUT2D eigenvalue weighted by molar-refractivity contribution is 0.106. The summed E-state index contributed by atoms with van der Waals surface area (Å²) in [6.45, 7) is 7.88. The van der Waals surface area contributed by atoms with Crippen LogP contribution in [0.5, 0.6) is 0 Å². The molecule has 0 aliphatic heterocycles. The van der Waals surface area contributed by atoms with Crippen molar-refractivity contribution in [3.05, 3.63) is 71.3 Å². The number of aliphatic imine (C=N–C) groups is 1. The summed E-state index contributed by atoms with van der Waals surface area (Å²) in [5.74, 6) is 0.461. The van der Waals surface area contributed by atoms with Crippen LogP contribution in [0, 0.1) is 0 Å². The molecule has 3 N–H and O–H groups in total. The van der Waals surface area contributed by atoms with Crippen LogP contribution in [0.25, 0.3) is 0 Å². The molecule has 0 aliphatic carbocycles. The predicted octanol–water partition coefficient (Wildman–Crippen LogP) is 3.61. The van der Waals surface area contributed by atoms with Gasteiger partial charge in [-0.2, -0.15) is 0 Å². The molecule has 0 aliphatic rings. The Bertz CT molecular complexity index is 660. The summed E-state index contributed by atoms with van der Waals surface area (Å²) in [7, 11) is 0. The first-order chi connectivity index (χ1) is 11.4. The normalized spacial score (nSPS) is 12.2. The molecule has 0 saturated carbocycles. The maximum atomic E-state index is 5.94. The average molecular weight is 325 g/mol. The van der Waals surface area contributed by atoms with E-state index < -0.39 is 0 Å². The number of hydrogen-bond donors (Lipinski definition) is 2. The number of hydrogen-bond acceptors (Lipinski definition) is 2.